The monoisotopic (exact) mass is 395 g/mol. The number of ether oxygens (including phenoxy) is 1. The highest BCUT2D eigenvalue weighted by Gasteiger charge is 2.39. The van der Waals surface area contributed by atoms with Crippen LogP contribution in [0.15, 0.2) is 66.1 Å². The molecule has 0 bridgehead atoms. The van der Waals surface area contributed by atoms with Gasteiger partial charge in [-0.25, -0.2) is 4.98 Å². The third kappa shape index (κ3) is 2.62. The molecule has 3 aromatic rings. The number of fused-ring (bicyclic) bond motifs is 2. The summed E-state index contributed by atoms with van der Waals surface area (Å²) >= 11 is 0. The van der Waals surface area contributed by atoms with E-state index in [1.54, 1.807) is 29.1 Å². The van der Waals surface area contributed by atoms with E-state index in [-0.39, 0.29) is 17.7 Å². The van der Waals surface area contributed by atoms with Crippen molar-refractivity contribution in [2.75, 3.05) is 11.9 Å². The molecule has 3 heterocycles. The van der Waals surface area contributed by atoms with Crippen molar-refractivity contribution < 1.29 is 18.6 Å². The highest BCUT2D eigenvalue weighted by molar-refractivity contribution is 8.24. The van der Waals surface area contributed by atoms with Crippen LogP contribution in [-0.4, -0.2) is 31.2 Å². The van der Waals surface area contributed by atoms with Crippen LogP contribution in [0.2, 0.25) is 0 Å². The maximum atomic E-state index is 11.7. The van der Waals surface area contributed by atoms with E-state index >= 15 is 0 Å². The highest BCUT2D eigenvalue weighted by Crippen LogP contribution is 2.66. The van der Waals surface area contributed by atoms with Crippen LogP contribution in [0, 0.1) is 0 Å². The van der Waals surface area contributed by atoms with Gasteiger partial charge in [-0.05, 0) is 23.3 Å². The smallest absolute Gasteiger partial charge is 0.262 e. The van der Waals surface area contributed by atoms with Gasteiger partial charge < -0.3 is 10.1 Å². The maximum absolute atomic E-state index is 11.7. The van der Waals surface area contributed by atoms with E-state index in [9.17, 15) is 13.9 Å². The molecule has 142 valence electrons. The summed E-state index contributed by atoms with van der Waals surface area (Å²) in [5.41, 5.74) is 2.83. The Labute approximate surface area is 162 Å². The molecule has 2 aliphatic rings. The summed E-state index contributed by atoms with van der Waals surface area (Å²) in [5.74, 6) is 0.369. The summed E-state index contributed by atoms with van der Waals surface area (Å²) in [6, 6.07) is 14.8. The number of carbonyl (C=O) groups excluding carboxylic acids is 1. The first-order valence-electron chi connectivity index (χ1n) is 8.68. The Morgan fingerprint density at radius 2 is 2.00 bits per heavy atom. The van der Waals surface area contributed by atoms with Gasteiger partial charge >= 0.3 is 0 Å². The predicted molar refractivity (Wildman–Crippen MR) is 107 cm³/mol. The van der Waals surface area contributed by atoms with E-state index in [1.165, 1.54) is 0 Å². The summed E-state index contributed by atoms with van der Waals surface area (Å²) in [6.45, 7) is -0.0133. The van der Waals surface area contributed by atoms with Crippen molar-refractivity contribution in [3.05, 3.63) is 72.1 Å². The molecule has 0 aliphatic carbocycles. The number of aromatic nitrogens is 2. The Kier molecular flexibility index (Phi) is 3.80. The van der Waals surface area contributed by atoms with Gasteiger partial charge in [0, 0.05) is 24.2 Å². The lowest BCUT2D eigenvalue weighted by atomic mass is 9.97. The summed E-state index contributed by atoms with van der Waals surface area (Å²) in [6.07, 6.45) is 5.09. The molecule has 8 heteroatoms. The number of imidazole rings is 1. The minimum absolute atomic E-state index is 0.0133. The van der Waals surface area contributed by atoms with E-state index in [0.717, 1.165) is 16.7 Å². The predicted octanol–water partition coefficient (Wildman–Crippen LogP) is 4.08. The molecule has 28 heavy (non-hydrogen) atoms. The first-order valence-corrected chi connectivity index (χ1v) is 10.3. The average molecular weight is 395 g/mol. The largest absolute Gasteiger partial charge is 0.482 e. The van der Waals surface area contributed by atoms with Gasteiger partial charge in [-0.2, -0.15) is 0 Å². The summed E-state index contributed by atoms with van der Waals surface area (Å²) in [5, 5.41) is 2.36. The average Bonchev–Trinajstić information content (AvgIpc) is 3.17. The molecule has 1 amide bonds. The molecular formula is C20H17N3O4S. The van der Waals surface area contributed by atoms with E-state index in [4.69, 9.17) is 4.74 Å². The number of hydrogen-bond donors (Lipinski definition) is 3. The third-order valence-corrected chi connectivity index (χ3v) is 6.88. The molecule has 7 nitrogen and oxygen atoms in total. The second kappa shape index (κ2) is 6.23. The number of amides is 1. The molecule has 0 spiro atoms. The third-order valence-electron chi connectivity index (χ3n) is 4.84. The van der Waals surface area contributed by atoms with E-state index < -0.39 is 15.8 Å². The lowest BCUT2D eigenvalue weighted by molar-refractivity contribution is -0.118. The van der Waals surface area contributed by atoms with Gasteiger partial charge in [0.1, 0.15) is 11.0 Å². The van der Waals surface area contributed by atoms with Crippen molar-refractivity contribution in [3.8, 4) is 5.75 Å². The van der Waals surface area contributed by atoms with Crippen LogP contribution in [0.25, 0.3) is 11.8 Å². The Morgan fingerprint density at radius 1 is 1.18 bits per heavy atom. The molecule has 0 fully saturated rings. The Bertz CT molecular complexity index is 1110. The second-order valence-electron chi connectivity index (χ2n) is 6.63. The van der Waals surface area contributed by atoms with Crippen LogP contribution in [0.4, 0.5) is 5.69 Å². The number of hydrogen-bond acceptors (Lipinski definition) is 5. The zero-order valence-electron chi connectivity index (χ0n) is 14.6. The van der Waals surface area contributed by atoms with E-state index in [2.05, 4.69) is 10.3 Å². The molecule has 0 saturated carbocycles. The van der Waals surface area contributed by atoms with Crippen LogP contribution < -0.4 is 10.1 Å². The number of nitrogens with zero attached hydrogens (tertiary/aromatic N) is 2. The number of rotatable bonds is 2. The molecule has 1 aromatic heterocycles. The Hall–Kier alpha value is -3.07. The summed E-state index contributed by atoms with van der Waals surface area (Å²) < 4.78 is 29.4. The summed E-state index contributed by atoms with van der Waals surface area (Å²) in [4.78, 5) is 15.9. The van der Waals surface area contributed by atoms with Gasteiger partial charge in [0.15, 0.2) is 6.61 Å². The lowest BCUT2D eigenvalue weighted by Gasteiger charge is -2.43. The van der Waals surface area contributed by atoms with Gasteiger partial charge in [-0.3, -0.25) is 18.5 Å². The first kappa shape index (κ1) is 17.1. The molecule has 3 N–H and O–H groups in total. The van der Waals surface area contributed by atoms with Crippen molar-refractivity contribution in [2.24, 2.45) is 0 Å². The van der Waals surface area contributed by atoms with Gasteiger partial charge in [0.25, 0.3) is 5.91 Å². The zero-order chi connectivity index (χ0) is 19.3. The summed E-state index contributed by atoms with van der Waals surface area (Å²) in [7, 11) is -3.26. The quantitative estimate of drug-likeness (QED) is 0.608. The number of anilines is 1. The Morgan fingerprint density at radius 3 is 2.82 bits per heavy atom. The molecular weight excluding hydrogens is 378 g/mol. The molecule has 0 radical (unpaired) electrons. The van der Waals surface area contributed by atoms with Crippen molar-refractivity contribution in [1.82, 2.24) is 9.55 Å². The number of nitrogens with one attached hydrogen (secondary N) is 1. The molecule has 2 aromatic carbocycles. The fourth-order valence-corrected chi connectivity index (χ4v) is 5.55. The van der Waals surface area contributed by atoms with Gasteiger partial charge in [-0.15, -0.1) is 10.6 Å². The Balaban J connectivity index is 1.70. The highest BCUT2D eigenvalue weighted by atomic mass is 32.3. The normalized spacial score (nSPS) is 20.9. The molecule has 1 unspecified atom stereocenters. The van der Waals surface area contributed by atoms with Crippen molar-refractivity contribution in [2.45, 2.75) is 10.4 Å². The number of carbonyl (C=O) groups is 1. The number of benzene rings is 2. The van der Waals surface area contributed by atoms with Gasteiger partial charge in [-0.1, -0.05) is 36.4 Å². The van der Waals surface area contributed by atoms with Crippen LogP contribution in [0.5, 0.6) is 5.75 Å². The topological polar surface area (TPSA) is 96.6 Å². The van der Waals surface area contributed by atoms with E-state index in [0.29, 0.717) is 11.4 Å². The van der Waals surface area contributed by atoms with Gasteiger partial charge in [0.05, 0.1) is 5.69 Å². The SMILES string of the molecule is O=C1COc2ccc(C3=Cn4ccnc4S(O)(O)C3c3ccccc3)cc2N1. The second-order valence-corrected chi connectivity index (χ2v) is 8.66. The molecule has 0 saturated heterocycles. The van der Waals surface area contributed by atoms with Crippen molar-refractivity contribution >= 4 is 34.0 Å². The van der Waals surface area contributed by atoms with E-state index in [1.807, 2.05) is 42.6 Å². The van der Waals surface area contributed by atoms with Crippen LogP contribution in [0.3, 0.4) is 0 Å². The van der Waals surface area contributed by atoms with Crippen LogP contribution in [0.1, 0.15) is 16.4 Å². The van der Waals surface area contributed by atoms with Crippen LogP contribution in [-0.2, 0) is 4.79 Å². The fraction of sp³-hybridized carbons (Fsp3) is 0.100. The van der Waals surface area contributed by atoms with Crippen molar-refractivity contribution in [3.63, 3.8) is 0 Å². The first-order chi connectivity index (χ1) is 13.5. The molecule has 2 aliphatic heterocycles. The zero-order valence-corrected chi connectivity index (χ0v) is 15.5. The van der Waals surface area contributed by atoms with Gasteiger partial charge in [0.2, 0.25) is 5.16 Å². The fourth-order valence-electron chi connectivity index (χ4n) is 3.62. The van der Waals surface area contributed by atoms with Crippen molar-refractivity contribution in [1.29, 1.82) is 0 Å². The minimum Gasteiger partial charge on any atom is -0.482 e. The lowest BCUT2D eigenvalue weighted by Crippen LogP contribution is -2.25. The molecule has 1 atom stereocenters. The standard InChI is InChI=1S/C20H17N3O4S/c24-18-12-27-17-7-6-14(10-16(17)22-18)15-11-23-9-8-21-20(23)28(25,26)19(15)13-4-2-1-3-5-13/h1-11,19,25-26H,12H2,(H,22,24). The maximum Gasteiger partial charge on any atom is 0.262 e. The minimum atomic E-state index is -3.26. The molecule has 5 rings (SSSR count). The van der Waals surface area contributed by atoms with Crippen LogP contribution >= 0.6 is 10.6 Å².